The van der Waals surface area contributed by atoms with Crippen molar-refractivity contribution in [2.75, 3.05) is 5.32 Å². The third-order valence-corrected chi connectivity index (χ3v) is 3.86. The Kier molecular flexibility index (Phi) is 5.60. The van der Waals surface area contributed by atoms with Gasteiger partial charge in [0.25, 0.3) is 5.91 Å². The van der Waals surface area contributed by atoms with Gasteiger partial charge in [-0.15, -0.1) is 0 Å². The maximum Gasteiger partial charge on any atom is 0.251 e. The summed E-state index contributed by atoms with van der Waals surface area (Å²) in [7, 11) is 0. The number of hydrogen-bond acceptors (Lipinski definition) is 4. The van der Waals surface area contributed by atoms with E-state index in [-0.39, 0.29) is 11.9 Å². The number of benzene rings is 2. The number of pyridine rings is 1. The molecule has 5 heteroatoms. The molecule has 0 saturated heterocycles. The number of amides is 1. The van der Waals surface area contributed by atoms with E-state index in [0.29, 0.717) is 17.5 Å². The molecule has 0 atom stereocenters. The first kappa shape index (κ1) is 18.7. The van der Waals surface area contributed by atoms with Crippen LogP contribution in [0.5, 0.6) is 11.6 Å². The molecule has 3 rings (SSSR count). The molecule has 0 saturated carbocycles. The van der Waals surface area contributed by atoms with E-state index in [0.717, 1.165) is 22.3 Å². The molecular formula is C22H25N3O2. The molecule has 1 aromatic heterocycles. The lowest BCUT2D eigenvalue weighted by molar-refractivity contribution is 0.0943. The van der Waals surface area contributed by atoms with E-state index in [9.17, 15) is 4.79 Å². The van der Waals surface area contributed by atoms with Gasteiger partial charge >= 0.3 is 0 Å². The predicted octanol–water partition coefficient (Wildman–Crippen LogP) is 4.99. The van der Waals surface area contributed by atoms with Gasteiger partial charge in [0, 0.05) is 40.9 Å². The fourth-order valence-corrected chi connectivity index (χ4v) is 2.75. The first-order valence-electron chi connectivity index (χ1n) is 9.17. The van der Waals surface area contributed by atoms with Crippen LogP contribution in [0.15, 0.2) is 54.6 Å². The van der Waals surface area contributed by atoms with E-state index in [4.69, 9.17) is 4.74 Å². The number of hydrogen-bond donors (Lipinski definition) is 2. The average molecular weight is 363 g/mol. The summed E-state index contributed by atoms with van der Waals surface area (Å²) in [6, 6.07) is 17.4. The second kappa shape index (κ2) is 8.08. The molecule has 0 spiro atoms. The molecule has 0 bridgehead atoms. The van der Waals surface area contributed by atoms with Gasteiger partial charge in [-0.25, -0.2) is 4.98 Å². The van der Waals surface area contributed by atoms with Crippen LogP contribution in [-0.2, 0) is 0 Å². The smallest absolute Gasteiger partial charge is 0.251 e. The predicted molar refractivity (Wildman–Crippen MR) is 110 cm³/mol. The molecule has 2 N–H and O–H groups in total. The van der Waals surface area contributed by atoms with Gasteiger partial charge in [0.05, 0.1) is 5.52 Å². The summed E-state index contributed by atoms with van der Waals surface area (Å²) in [5.41, 5.74) is 2.41. The van der Waals surface area contributed by atoms with E-state index in [2.05, 4.69) is 29.5 Å². The third-order valence-electron chi connectivity index (χ3n) is 3.86. The van der Waals surface area contributed by atoms with Crippen LogP contribution in [-0.4, -0.2) is 23.0 Å². The largest absolute Gasteiger partial charge is 0.439 e. The fraction of sp³-hybridized carbons (Fsp3) is 0.273. The van der Waals surface area contributed by atoms with Crippen LogP contribution in [0.1, 0.15) is 38.1 Å². The first-order valence-corrected chi connectivity index (χ1v) is 9.17. The quantitative estimate of drug-likeness (QED) is 0.648. The zero-order valence-electron chi connectivity index (χ0n) is 16.1. The summed E-state index contributed by atoms with van der Waals surface area (Å²) in [6.07, 6.45) is 0. The van der Waals surface area contributed by atoms with Gasteiger partial charge in [-0.3, -0.25) is 4.79 Å². The minimum absolute atomic E-state index is 0.0818. The SMILES string of the molecule is CC(C)NC(=O)c1ccc2nc(Oc3cccc(NC(C)C)c3)ccc2c1. The Bertz CT molecular complexity index is 951. The Labute approximate surface area is 159 Å². The van der Waals surface area contributed by atoms with Crippen LogP contribution in [0.3, 0.4) is 0 Å². The van der Waals surface area contributed by atoms with Gasteiger partial charge in [-0.2, -0.15) is 0 Å². The monoisotopic (exact) mass is 363 g/mol. The van der Waals surface area contributed by atoms with Gasteiger partial charge in [-0.05, 0) is 64.1 Å². The van der Waals surface area contributed by atoms with Crippen LogP contribution in [0, 0.1) is 0 Å². The molecule has 0 aliphatic carbocycles. The topological polar surface area (TPSA) is 63.2 Å². The van der Waals surface area contributed by atoms with E-state index in [1.807, 2.05) is 62.4 Å². The van der Waals surface area contributed by atoms with Crippen LogP contribution in [0.2, 0.25) is 0 Å². The minimum Gasteiger partial charge on any atom is -0.439 e. The van der Waals surface area contributed by atoms with E-state index >= 15 is 0 Å². The summed E-state index contributed by atoms with van der Waals surface area (Å²) in [5.74, 6) is 1.16. The van der Waals surface area contributed by atoms with Gasteiger partial charge in [-0.1, -0.05) is 6.07 Å². The number of carbonyl (C=O) groups excluding carboxylic acids is 1. The normalized spacial score (nSPS) is 11.0. The highest BCUT2D eigenvalue weighted by Crippen LogP contribution is 2.25. The number of ether oxygens (including phenoxy) is 1. The van der Waals surface area contributed by atoms with Gasteiger partial charge < -0.3 is 15.4 Å². The van der Waals surface area contributed by atoms with Gasteiger partial charge in [0.1, 0.15) is 5.75 Å². The van der Waals surface area contributed by atoms with E-state index in [1.165, 1.54) is 0 Å². The number of rotatable bonds is 6. The van der Waals surface area contributed by atoms with Crippen LogP contribution < -0.4 is 15.4 Å². The fourth-order valence-electron chi connectivity index (χ4n) is 2.75. The van der Waals surface area contributed by atoms with Crippen molar-refractivity contribution in [2.45, 2.75) is 39.8 Å². The minimum atomic E-state index is -0.0818. The molecule has 27 heavy (non-hydrogen) atoms. The molecule has 5 nitrogen and oxygen atoms in total. The highest BCUT2D eigenvalue weighted by Gasteiger charge is 2.09. The van der Waals surface area contributed by atoms with Crippen LogP contribution >= 0.6 is 0 Å². The number of nitrogens with zero attached hydrogens (tertiary/aromatic N) is 1. The lowest BCUT2D eigenvalue weighted by Gasteiger charge is -2.12. The highest BCUT2D eigenvalue weighted by molar-refractivity contribution is 5.98. The Morgan fingerprint density at radius 2 is 1.78 bits per heavy atom. The molecule has 140 valence electrons. The second-order valence-corrected chi connectivity index (χ2v) is 7.11. The number of fused-ring (bicyclic) bond motifs is 1. The number of carbonyl (C=O) groups is 1. The molecule has 0 aliphatic heterocycles. The van der Waals surface area contributed by atoms with Gasteiger partial charge in [0.2, 0.25) is 5.88 Å². The molecule has 0 unspecified atom stereocenters. The molecule has 0 aliphatic rings. The van der Waals surface area contributed by atoms with Crippen LogP contribution in [0.4, 0.5) is 5.69 Å². The summed E-state index contributed by atoms with van der Waals surface area (Å²) in [5, 5.41) is 7.15. The molecular weight excluding hydrogens is 338 g/mol. The standard InChI is InChI=1S/C22H25N3O2/c1-14(2)23-18-6-5-7-19(13-18)27-21-11-9-16-12-17(8-10-20(16)25-21)22(26)24-15(3)4/h5-15,23H,1-4H3,(H,24,26). The Morgan fingerprint density at radius 1 is 0.963 bits per heavy atom. The maximum absolute atomic E-state index is 12.2. The molecule has 2 aromatic carbocycles. The first-order chi connectivity index (χ1) is 12.9. The van der Waals surface area contributed by atoms with Crippen molar-refractivity contribution in [3.63, 3.8) is 0 Å². The molecule has 1 heterocycles. The van der Waals surface area contributed by atoms with Gasteiger partial charge in [0.15, 0.2) is 0 Å². The Morgan fingerprint density at radius 3 is 2.52 bits per heavy atom. The third kappa shape index (κ3) is 4.97. The molecule has 1 amide bonds. The number of anilines is 1. The van der Waals surface area contributed by atoms with Crippen molar-refractivity contribution >= 4 is 22.5 Å². The zero-order chi connectivity index (χ0) is 19.4. The molecule has 0 fully saturated rings. The zero-order valence-corrected chi connectivity index (χ0v) is 16.1. The molecule has 3 aromatic rings. The highest BCUT2D eigenvalue weighted by atomic mass is 16.5. The Hall–Kier alpha value is -3.08. The summed E-state index contributed by atoms with van der Waals surface area (Å²) < 4.78 is 5.91. The lowest BCUT2D eigenvalue weighted by atomic mass is 10.1. The average Bonchev–Trinajstić information content (AvgIpc) is 2.60. The van der Waals surface area contributed by atoms with Crippen molar-refractivity contribution in [3.05, 3.63) is 60.2 Å². The maximum atomic E-state index is 12.2. The van der Waals surface area contributed by atoms with Crippen LogP contribution in [0.25, 0.3) is 10.9 Å². The molecule has 0 radical (unpaired) electrons. The summed E-state index contributed by atoms with van der Waals surface area (Å²) in [6.45, 7) is 8.06. The van der Waals surface area contributed by atoms with E-state index < -0.39 is 0 Å². The lowest BCUT2D eigenvalue weighted by Crippen LogP contribution is -2.29. The number of nitrogens with one attached hydrogen (secondary N) is 2. The van der Waals surface area contributed by atoms with E-state index in [1.54, 1.807) is 6.07 Å². The number of aromatic nitrogens is 1. The van der Waals surface area contributed by atoms with Crippen molar-refractivity contribution in [1.82, 2.24) is 10.3 Å². The van der Waals surface area contributed by atoms with Crippen molar-refractivity contribution < 1.29 is 9.53 Å². The summed E-state index contributed by atoms with van der Waals surface area (Å²) in [4.78, 5) is 16.7. The Balaban J connectivity index is 1.80. The van der Waals surface area contributed by atoms with Crippen molar-refractivity contribution in [2.24, 2.45) is 0 Å². The second-order valence-electron chi connectivity index (χ2n) is 7.11. The van der Waals surface area contributed by atoms with Crippen molar-refractivity contribution in [3.8, 4) is 11.6 Å². The van der Waals surface area contributed by atoms with Crippen molar-refractivity contribution in [1.29, 1.82) is 0 Å². The summed E-state index contributed by atoms with van der Waals surface area (Å²) >= 11 is 0.